The average molecular weight is 429 g/mol. The fourth-order valence-corrected chi connectivity index (χ4v) is 3.40. The number of carbonyl (C=O) groups is 1. The van der Waals surface area contributed by atoms with E-state index in [1.165, 1.54) is 0 Å². The molecule has 3 aromatic carbocycles. The zero-order chi connectivity index (χ0) is 22.7. The van der Waals surface area contributed by atoms with Crippen molar-refractivity contribution >= 4 is 22.6 Å². The number of amides is 1. The predicted octanol–water partition coefficient (Wildman–Crippen LogP) is 5.10. The number of anilines is 1. The Labute approximate surface area is 185 Å². The van der Waals surface area contributed by atoms with E-state index in [1.54, 1.807) is 55.6 Å². The van der Waals surface area contributed by atoms with Crippen LogP contribution in [-0.4, -0.2) is 19.6 Å². The summed E-state index contributed by atoms with van der Waals surface area (Å²) in [5.41, 5.74) is 3.50. The number of hydrogen-bond donors (Lipinski definition) is 1. The van der Waals surface area contributed by atoms with Crippen molar-refractivity contribution in [2.45, 2.75) is 13.8 Å². The minimum absolute atomic E-state index is 0.00928. The first-order chi connectivity index (χ1) is 15.5. The van der Waals surface area contributed by atoms with E-state index < -0.39 is 0 Å². The van der Waals surface area contributed by atoms with Gasteiger partial charge in [0.25, 0.3) is 5.91 Å². The maximum absolute atomic E-state index is 13.2. The Morgan fingerprint density at radius 2 is 1.72 bits per heavy atom. The molecule has 0 unspecified atom stereocenters. The Kier molecular flexibility index (Phi) is 5.94. The van der Waals surface area contributed by atoms with Crippen LogP contribution in [0.5, 0.6) is 11.5 Å². The van der Waals surface area contributed by atoms with Crippen molar-refractivity contribution in [3.8, 4) is 22.8 Å². The van der Waals surface area contributed by atoms with E-state index in [-0.39, 0.29) is 29.5 Å². The van der Waals surface area contributed by atoms with E-state index in [0.717, 1.165) is 11.1 Å². The van der Waals surface area contributed by atoms with Gasteiger partial charge in [-0.15, -0.1) is 0 Å². The van der Waals surface area contributed by atoms with Gasteiger partial charge in [0.05, 0.1) is 12.5 Å². The largest absolute Gasteiger partial charge is 0.497 e. The van der Waals surface area contributed by atoms with Crippen LogP contribution in [-0.2, 0) is 4.79 Å². The van der Waals surface area contributed by atoms with E-state index in [0.29, 0.717) is 28.0 Å². The molecule has 0 saturated heterocycles. The van der Waals surface area contributed by atoms with E-state index >= 15 is 0 Å². The predicted molar refractivity (Wildman–Crippen MR) is 125 cm³/mol. The van der Waals surface area contributed by atoms with E-state index in [1.807, 2.05) is 32.0 Å². The van der Waals surface area contributed by atoms with Crippen LogP contribution in [0.1, 0.15) is 11.1 Å². The monoisotopic (exact) mass is 429 g/mol. The number of rotatable bonds is 6. The molecular formula is C26H23NO5. The second kappa shape index (κ2) is 8.98. The van der Waals surface area contributed by atoms with Gasteiger partial charge in [-0.2, -0.15) is 0 Å². The van der Waals surface area contributed by atoms with Crippen LogP contribution >= 0.6 is 0 Å². The summed E-state index contributed by atoms with van der Waals surface area (Å²) in [6.07, 6.45) is 0. The topological polar surface area (TPSA) is 77.8 Å². The van der Waals surface area contributed by atoms with Gasteiger partial charge in [-0.25, -0.2) is 0 Å². The van der Waals surface area contributed by atoms with Gasteiger partial charge in [0.1, 0.15) is 11.3 Å². The van der Waals surface area contributed by atoms with Crippen molar-refractivity contribution < 1.29 is 18.7 Å². The molecule has 4 rings (SSSR count). The summed E-state index contributed by atoms with van der Waals surface area (Å²) in [5.74, 6) is 0.556. The van der Waals surface area contributed by atoms with Gasteiger partial charge in [0.15, 0.2) is 12.4 Å². The van der Waals surface area contributed by atoms with Crippen LogP contribution in [0, 0.1) is 13.8 Å². The van der Waals surface area contributed by atoms with Gasteiger partial charge >= 0.3 is 0 Å². The van der Waals surface area contributed by atoms with Crippen molar-refractivity contribution in [3.63, 3.8) is 0 Å². The minimum atomic E-state index is -0.369. The molecule has 0 fully saturated rings. The van der Waals surface area contributed by atoms with E-state index in [2.05, 4.69) is 5.32 Å². The van der Waals surface area contributed by atoms with Gasteiger partial charge in [-0.05, 0) is 67.4 Å². The molecule has 162 valence electrons. The number of nitrogens with one attached hydrogen (secondary N) is 1. The van der Waals surface area contributed by atoms with Crippen LogP contribution in [0.3, 0.4) is 0 Å². The number of ether oxygens (including phenoxy) is 2. The zero-order valence-corrected chi connectivity index (χ0v) is 18.1. The molecule has 0 radical (unpaired) electrons. The van der Waals surface area contributed by atoms with E-state index in [9.17, 15) is 9.59 Å². The van der Waals surface area contributed by atoms with Crippen molar-refractivity contribution in [2.75, 3.05) is 19.0 Å². The van der Waals surface area contributed by atoms with Gasteiger partial charge in [-0.1, -0.05) is 24.3 Å². The number of para-hydroxylation sites is 1. The molecule has 6 heteroatoms. The second-order valence-corrected chi connectivity index (χ2v) is 7.40. The number of methoxy groups -OCH3 is 1. The summed E-state index contributed by atoms with van der Waals surface area (Å²) in [7, 11) is 1.58. The lowest BCUT2D eigenvalue weighted by Gasteiger charge is -2.13. The van der Waals surface area contributed by atoms with E-state index in [4.69, 9.17) is 13.9 Å². The molecule has 0 atom stereocenters. The molecular weight excluding hydrogens is 406 g/mol. The number of benzene rings is 3. The summed E-state index contributed by atoms with van der Waals surface area (Å²) < 4.78 is 17.0. The van der Waals surface area contributed by atoms with Crippen LogP contribution in [0.15, 0.2) is 75.9 Å². The maximum atomic E-state index is 13.2. The number of carbonyl (C=O) groups excluding carboxylic acids is 1. The molecule has 0 saturated carbocycles. The van der Waals surface area contributed by atoms with Crippen LogP contribution < -0.4 is 20.2 Å². The highest BCUT2D eigenvalue weighted by Crippen LogP contribution is 2.32. The molecule has 1 aromatic heterocycles. The normalized spacial score (nSPS) is 10.7. The summed E-state index contributed by atoms with van der Waals surface area (Å²) in [6.45, 7) is 3.58. The highest BCUT2D eigenvalue weighted by molar-refractivity contribution is 5.93. The van der Waals surface area contributed by atoms with Gasteiger partial charge < -0.3 is 19.2 Å². The Morgan fingerprint density at radius 1 is 0.969 bits per heavy atom. The first-order valence-corrected chi connectivity index (χ1v) is 10.2. The first kappa shape index (κ1) is 21.2. The summed E-state index contributed by atoms with van der Waals surface area (Å²) in [6, 6.07) is 19.7. The fraction of sp³-hybridized carbons (Fsp3) is 0.154. The second-order valence-electron chi connectivity index (χ2n) is 7.40. The summed E-state index contributed by atoms with van der Waals surface area (Å²) in [4.78, 5) is 25.7. The third-order valence-corrected chi connectivity index (χ3v) is 5.33. The summed E-state index contributed by atoms with van der Waals surface area (Å²) >= 11 is 0. The zero-order valence-electron chi connectivity index (χ0n) is 18.1. The Hall–Kier alpha value is -4.06. The quantitative estimate of drug-likeness (QED) is 0.461. The minimum Gasteiger partial charge on any atom is -0.497 e. The van der Waals surface area contributed by atoms with Gasteiger partial charge in [-0.3, -0.25) is 9.59 Å². The molecule has 6 nitrogen and oxygen atoms in total. The number of aryl methyl sites for hydroxylation is 1. The van der Waals surface area contributed by atoms with Crippen LogP contribution in [0.2, 0.25) is 0 Å². The lowest BCUT2D eigenvalue weighted by Crippen LogP contribution is -2.23. The van der Waals surface area contributed by atoms with Crippen LogP contribution in [0.4, 0.5) is 5.69 Å². The highest BCUT2D eigenvalue weighted by atomic mass is 16.5. The molecule has 0 spiro atoms. The molecule has 1 amide bonds. The third kappa shape index (κ3) is 4.21. The first-order valence-electron chi connectivity index (χ1n) is 10.2. The molecule has 1 heterocycles. The average Bonchev–Trinajstić information content (AvgIpc) is 2.81. The SMILES string of the molecule is COc1ccc(-c2oc3ccccc3c(=O)c2OCC(=O)Nc2cccc(C)c2C)cc1. The Balaban J connectivity index is 1.67. The molecule has 4 aromatic rings. The standard InChI is InChI=1S/C26H23NO5/c1-16-7-6-9-21(17(16)2)27-23(28)15-31-26-24(29)20-8-4-5-10-22(20)32-25(26)18-11-13-19(30-3)14-12-18/h4-14H,15H2,1-3H3,(H,27,28). The van der Waals surface area contributed by atoms with Crippen molar-refractivity contribution in [1.82, 2.24) is 0 Å². The van der Waals surface area contributed by atoms with Gasteiger partial charge in [0, 0.05) is 11.3 Å². The van der Waals surface area contributed by atoms with Crippen molar-refractivity contribution in [3.05, 3.63) is 88.1 Å². The fourth-order valence-electron chi connectivity index (χ4n) is 3.40. The lowest BCUT2D eigenvalue weighted by atomic mass is 10.1. The number of hydrogen-bond acceptors (Lipinski definition) is 5. The van der Waals surface area contributed by atoms with Crippen molar-refractivity contribution in [2.24, 2.45) is 0 Å². The molecule has 32 heavy (non-hydrogen) atoms. The molecule has 1 N–H and O–H groups in total. The number of fused-ring (bicyclic) bond motifs is 1. The Morgan fingerprint density at radius 3 is 2.47 bits per heavy atom. The van der Waals surface area contributed by atoms with Crippen LogP contribution in [0.25, 0.3) is 22.3 Å². The molecule has 0 aliphatic rings. The molecule has 0 aliphatic carbocycles. The maximum Gasteiger partial charge on any atom is 0.262 e. The summed E-state index contributed by atoms with van der Waals surface area (Å²) in [5, 5.41) is 3.22. The Bertz CT molecular complexity index is 1340. The third-order valence-electron chi connectivity index (χ3n) is 5.33. The highest BCUT2D eigenvalue weighted by Gasteiger charge is 2.19. The smallest absolute Gasteiger partial charge is 0.262 e. The van der Waals surface area contributed by atoms with Crippen molar-refractivity contribution in [1.29, 1.82) is 0 Å². The lowest BCUT2D eigenvalue weighted by molar-refractivity contribution is -0.118. The molecule has 0 bridgehead atoms. The van der Waals surface area contributed by atoms with Gasteiger partial charge in [0.2, 0.25) is 11.2 Å². The molecule has 0 aliphatic heterocycles.